The van der Waals surface area contributed by atoms with Crippen LogP contribution < -0.4 is 16.2 Å². The Bertz CT molecular complexity index is 652. The van der Waals surface area contributed by atoms with Crippen LogP contribution in [0.5, 0.6) is 0 Å². The van der Waals surface area contributed by atoms with Crippen LogP contribution in [-0.4, -0.2) is 11.9 Å². The molecule has 2 rings (SSSR count). The Hall–Kier alpha value is -2.76. The molecule has 0 saturated carbocycles. The zero-order chi connectivity index (χ0) is 16.7. The van der Waals surface area contributed by atoms with Gasteiger partial charge >= 0.3 is 6.03 Å². The lowest BCUT2D eigenvalue weighted by atomic mass is 10.0. The van der Waals surface area contributed by atoms with Gasteiger partial charge in [-0.3, -0.25) is 10.2 Å². The van der Waals surface area contributed by atoms with Gasteiger partial charge in [0, 0.05) is 0 Å². The van der Waals surface area contributed by atoms with Crippen molar-refractivity contribution >= 4 is 11.9 Å². The number of hydrogen-bond acceptors (Lipinski definition) is 3. The molecule has 0 aliphatic rings. The molecule has 122 valence electrons. The van der Waals surface area contributed by atoms with Gasteiger partial charge in [-0.1, -0.05) is 43.7 Å². The summed E-state index contributed by atoms with van der Waals surface area (Å²) in [4.78, 5) is 23.9. The van der Waals surface area contributed by atoms with Gasteiger partial charge in [-0.15, -0.1) is 0 Å². The van der Waals surface area contributed by atoms with E-state index in [2.05, 4.69) is 23.1 Å². The molecule has 0 saturated heterocycles. The molecule has 0 aliphatic carbocycles. The molecule has 1 aromatic carbocycles. The van der Waals surface area contributed by atoms with Gasteiger partial charge in [-0.25, -0.2) is 10.2 Å². The summed E-state index contributed by atoms with van der Waals surface area (Å²) in [5.41, 5.74) is 6.15. The number of amides is 3. The predicted molar refractivity (Wildman–Crippen MR) is 86.7 cm³/mol. The predicted octanol–water partition coefficient (Wildman–Crippen LogP) is 3.07. The molecule has 6 nitrogen and oxygen atoms in total. The Labute approximate surface area is 135 Å². The van der Waals surface area contributed by atoms with Crippen molar-refractivity contribution in [1.82, 2.24) is 16.2 Å². The van der Waals surface area contributed by atoms with E-state index in [0.29, 0.717) is 11.3 Å². The maximum atomic E-state index is 12.0. The van der Waals surface area contributed by atoms with E-state index in [1.165, 1.54) is 6.26 Å². The summed E-state index contributed by atoms with van der Waals surface area (Å²) in [6.07, 6.45) is 3.17. The minimum atomic E-state index is -0.457. The van der Waals surface area contributed by atoms with Crippen LogP contribution in [0.15, 0.2) is 47.1 Å². The normalized spacial score (nSPS) is 11.6. The van der Waals surface area contributed by atoms with E-state index in [9.17, 15) is 9.59 Å². The topological polar surface area (TPSA) is 83.4 Å². The van der Waals surface area contributed by atoms with Gasteiger partial charge in [-0.2, -0.15) is 0 Å². The third-order valence-corrected chi connectivity index (χ3v) is 3.48. The number of hydrazine groups is 1. The Morgan fingerprint density at radius 1 is 1.13 bits per heavy atom. The van der Waals surface area contributed by atoms with Gasteiger partial charge in [0.05, 0.1) is 17.9 Å². The minimum Gasteiger partial charge on any atom is -0.469 e. The van der Waals surface area contributed by atoms with Crippen molar-refractivity contribution in [1.29, 1.82) is 0 Å². The second-order valence-electron chi connectivity index (χ2n) is 5.19. The second-order valence-corrected chi connectivity index (χ2v) is 5.19. The Morgan fingerprint density at radius 3 is 2.48 bits per heavy atom. The van der Waals surface area contributed by atoms with Crippen LogP contribution in [-0.2, 0) is 0 Å². The molecule has 1 aromatic heterocycles. The van der Waals surface area contributed by atoms with Gasteiger partial charge in [0.15, 0.2) is 0 Å². The number of carbonyl (C=O) groups excluding carboxylic acids is 2. The summed E-state index contributed by atoms with van der Waals surface area (Å²) in [6.45, 7) is 3.74. The highest BCUT2D eigenvalue weighted by Crippen LogP contribution is 2.17. The largest absolute Gasteiger partial charge is 0.469 e. The van der Waals surface area contributed by atoms with E-state index in [1.807, 2.05) is 30.3 Å². The van der Waals surface area contributed by atoms with Crippen LogP contribution in [0.3, 0.4) is 0 Å². The molecule has 0 aliphatic heterocycles. The fourth-order valence-electron chi connectivity index (χ4n) is 2.29. The van der Waals surface area contributed by atoms with E-state index < -0.39 is 11.9 Å². The third-order valence-electron chi connectivity index (χ3n) is 3.48. The van der Waals surface area contributed by atoms with E-state index in [-0.39, 0.29) is 6.04 Å². The van der Waals surface area contributed by atoms with E-state index in [1.54, 1.807) is 13.0 Å². The highest BCUT2D eigenvalue weighted by Gasteiger charge is 2.15. The van der Waals surface area contributed by atoms with Crippen molar-refractivity contribution in [3.8, 4) is 0 Å². The Balaban J connectivity index is 1.90. The fourth-order valence-corrected chi connectivity index (χ4v) is 2.29. The monoisotopic (exact) mass is 315 g/mol. The highest BCUT2D eigenvalue weighted by atomic mass is 16.3. The van der Waals surface area contributed by atoms with Gasteiger partial charge in [-0.05, 0) is 25.0 Å². The lowest BCUT2D eigenvalue weighted by molar-refractivity contribution is 0.0934. The fraction of sp³-hybridized carbons (Fsp3) is 0.294. The zero-order valence-electron chi connectivity index (χ0n) is 13.3. The smallest absolute Gasteiger partial charge is 0.333 e. The molecule has 1 heterocycles. The lowest BCUT2D eigenvalue weighted by Gasteiger charge is -2.19. The van der Waals surface area contributed by atoms with Crippen molar-refractivity contribution in [2.75, 3.05) is 0 Å². The minimum absolute atomic E-state index is 0.103. The van der Waals surface area contributed by atoms with Gasteiger partial charge in [0.2, 0.25) is 0 Å². The molecule has 0 radical (unpaired) electrons. The highest BCUT2D eigenvalue weighted by molar-refractivity contribution is 5.96. The number of aryl methyl sites for hydroxylation is 1. The molecule has 3 N–H and O–H groups in total. The van der Waals surface area contributed by atoms with Gasteiger partial charge < -0.3 is 9.73 Å². The van der Waals surface area contributed by atoms with Crippen LogP contribution in [0, 0.1) is 6.92 Å². The molecule has 6 heteroatoms. The van der Waals surface area contributed by atoms with Crippen molar-refractivity contribution in [2.45, 2.75) is 32.7 Å². The molecular formula is C17H21N3O3. The first-order chi connectivity index (χ1) is 11.1. The van der Waals surface area contributed by atoms with Crippen molar-refractivity contribution in [2.24, 2.45) is 0 Å². The third kappa shape index (κ3) is 4.60. The van der Waals surface area contributed by atoms with Gasteiger partial charge in [0.1, 0.15) is 5.76 Å². The van der Waals surface area contributed by atoms with Crippen LogP contribution in [0.1, 0.15) is 47.5 Å². The number of urea groups is 1. The van der Waals surface area contributed by atoms with E-state index in [4.69, 9.17) is 4.42 Å². The molecular weight excluding hydrogens is 294 g/mol. The molecule has 1 atom stereocenters. The van der Waals surface area contributed by atoms with Crippen molar-refractivity contribution in [3.63, 3.8) is 0 Å². The lowest BCUT2D eigenvalue weighted by Crippen LogP contribution is -2.47. The second kappa shape index (κ2) is 8.03. The number of furan rings is 1. The SMILES string of the molecule is CCC[C@@H](NC(=O)NNC(=O)c1ccoc1C)c1ccccc1. The summed E-state index contributed by atoms with van der Waals surface area (Å²) in [5, 5.41) is 2.86. The molecule has 0 spiro atoms. The zero-order valence-corrected chi connectivity index (χ0v) is 13.3. The molecule has 0 fully saturated rings. The first-order valence-electron chi connectivity index (χ1n) is 7.57. The Kier molecular flexibility index (Phi) is 5.80. The standard InChI is InChI=1S/C17H21N3O3/c1-3-7-15(13-8-5-4-6-9-13)18-17(22)20-19-16(21)14-10-11-23-12(14)2/h4-6,8-11,15H,3,7H2,1-2H3,(H,19,21)(H2,18,20,22)/t15-/m1/s1. The van der Waals surface area contributed by atoms with E-state index in [0.717, 1.165) is 18.4 Å². The summed E-state index contributed by atoms with van der Waals surface area (Å²) in [7, 11) is 0. The van der Waals surface area contributed by atoms with Crippen LogP contribution in [0.2, 0.25) is 0 Å². The van der Waals surface area contributed by atoms with Crippen LogP contribution >= 0.6 is 0 Å². The van der Waals surface area contributed by atoms with Gasteiger partial charge in [0.25, 0.3) is 5.91 Å². The summed E-state index contributed by atoms with van der Waals surface area (Å²) in [6, 6.07) is 10.7. The Morgan fingerprint density at radius 2 is 1.87 bits per heavy atom. The maximum Gasteiger partial charge on any atom is 0.333 e. The summed E-state index contributed by atoms with van der Waals surface area (Å²) >= 11 is 0. The van der Waals surface area contributed by atoms with Crippen molar-refractivity contribution in [3.05, 3.63) is 59.5 Å². The summed E-state index contributed by atoms with van der Waals surface area (Å²) in [5.74, 6) is 0.0796. The van der Waals surface area contributed by atoms with E-state index >= 15 is 0 Å². The number of hydrogen-bond donors (Lipinski definition) is 3. The average Bonchev–Trinajstić information content (AvgIpc) is 2.99. The molecule has 0 bridgehead atoms. The molecule has 3 amide bonds. The summed E-state index contributed by atoms with van der Waals surface area (Å²) < 4.78 is 5.06. The quantitative estimate of drug-likeness (QED) is 0.741. The molecule has 2 aromatic rings. The first kappa shape index (κ1) is 16.6. The number of nitrogens with one attached hydrogen (secondary N) is 3. The number of benzene rings is 1. The van der Waals surface area contributed by atoms with Crippen molar-refractivity contribution < 1.29 is 14.0 Å². The van der Waals surface area contributed by atoms with Crippen LogP contribution in [0.25, 0.3) is 0 Å². The molecule has 0 unspecified atom stereocenters. The molecule has 23 heavy (non-hydrogen) atoms. The van der Waals surface area contributed by atoms with Crippen LogP contribution in [0.4, 0.5) is 4.79 Å². The average molecular weight is 315 g/mol. The number of rotatable bonds is 5. The number of carbonyl (C=O) groups is 2. The maximum absolute atomic E-state index is 12.0. The first-order valence-corrected chi connectivity index (χ1v) is 7.57.